The minimum atomic E-state index is -0.224. The van der Waals surface area contributed by atoms with Crippen molar-refractivity contribution >= 4 is 28.5 Å². The smallest absolute Gasteiger partial charge is 0.166 e. The zero-order valence-electron chi connectivity index (χ0n) is 9.77. The van der Waals surface area contributed by atoms with Crippen LogP contribution in [0.3, 0.4) is 0 Å². The number of benzene rings is 1. The number of rotatable bonds is 5. The summed E-state index contributed by atoms with van der Waals surface area (Å²) in [5, 5.41) is 0.838. The van der Waals surface area contributed by atoms with Crippen LogP contribution in [0.5, 0.6) is 0 Å². The van der Waals surface area contributed by atoms with Crippen LogP contribution in [0.2, 0.25) is 0 Å². The lowest BCUT2D eigenvalue weighted by atomic mass is 10.3. The number of hydrogen-bond acceptors (Lipinski definition) is 5. The highest BCUT2D eigenvalue weighted by molar-refractivity contribution is 7.99. The van der Waals surface area contributed by atoms with Crippen molar-refractivity contribution in [2.75, 3.05) is 25.7 Å². The first-order valence-corrected chi connectivity index (χ1v) is 6.15. The van der Waals surface area contributed by atoms with Gasteiger partial charge in [0.25, 0.3) is 0 Å². The second-order valence-corrected chi connectivity index (χ2v) is 4.54. The highest BCUT2D eigenvalue weighted by Crippen LogP contribution is 2.22. The molecule has 5 nitrogen and oxygen atoms in total. The van der Waals surface area contributed by atoms with Crippen molar-refractivity contribution in [3.8, 4) is 0 Å². The van der Waals surface area contributed by atoms with Crippen LogP contribution in [-0.4, -0.2) is 36.2 Å². The molecule has 0 fully saturated rings. The van der Waals surface area contributed by atoms with E-state index in [4.69, 9.17) is 15.2 Å². The molecule has 0 bridgehead atoms. The monoisotopic (exact) mass is 253 g/mol. The zero-order valence-corrected chi connectivity index (χ0v) is 10.6. The van der Waals surface area contributed by atoms with E-state index in [1.165, 1.54) is 0 Å². The Hall–Kier alpha value is -1.24. The number of hydrogen-bond donors (Lipinski definition) is 2. The van der Waals surface area contributed by atoms with Gasteiger partial charge >= 0.3 is 0 Å². The quantitative estimate of drug-likeness (QED) is 0.483. The van der Waals surface area contributed by atoms with Crippen molar-refractivity contribution in [1.29, 1.82) is 0 Å². The van der Waals surface area contributed by atoms with Crippen molar-refractivity contribution in [1.82, 2.24) is 9.97 Å². The molecule has 17 heavy (non-hydrogen) atoms. The predicted octanol–water partition coefficient (Wildman–Crippen LogP) is 1.86. The molecule has 1 aromatic heterocycles. The summed E-state index contributed by atoms with van der Waals surface area (Å²) >= 11 is 1.55. The van der Waals surface area contributed by atoms with Crippen LogP contribution in [0, 0.1) is 0 Å². The van der Waals surface area contributed by atoms with Gasteiger partial charge in [0.15, 0.2) is 11.4 Å². The third kappa shape index (κ3) is 2.91. The molecule has 3 N–H and O–H groups in total. The maximum atomic E-state index is 5.70. The molecule has 6 heteroatoms. The van der Waals surface area contributed by atoms with Crippen LogP contribution < -0.4 is 5.73 Å². The van der Waals surface area contributed by atoms with E-state index in [-0.39, 0.29) is 6.29 Å². The highest BCUT2D eigenvalue weighted by Gasteiger charge is 2.09. The molecule has 0 amide bonds. The van der Waals surface area contributed by atoms with Crippen LogP contribution in [0.25, 0.3) is 11.0 Å². The number of methoxy groups -OCH3 is 2. The molecule has 1 aromatic carbocycles. The Balaban J connectivity index is 2.09. The fourth-order valence-electron chi connectivity index (χ4n) is 1.45. The SMILES string of the molecule is COC(CSc1nc2ccc(N)cc2[nH]1)OC. The number of ether oxygens (including phenoxy) is 2. The van der Waals surface area contributed by atoms with E-state index in [9.17, 15) is 0 Å². The minimum Gasteiger partial charge on any atom is -0.399 e. The van der Waals surface area contributed by atoms with E-state index < -0.39 is 0 Å². The third-order valence-corrected chi connectivity index (χ3v) is 3.27. The summed E-state index contributed by atoms with van der Waals surface area (Å²) in [6.07, 6.45) is -0.224. The van der Waals surface area contributed by atoms with Gasteiger partial charge in [-0.05, 0) is 18.2 Å². The number of fused-ring (bicyclic) bond motifs is 1. The van der Waals surface area contributed by atoms with Gasteiger partial charge in [0.1, 0.15) is 0 Å². The maximum absolute atomic E-state index is 5.70. The fourth-order valence-corrected chi connectivity index (χ4v) is 2.36. The molecule has 1 heterocycles. The molecule has 92 valence electrons. The Morgan fingerprint density at radius 2 is 2.18 bits per heavy atom. The maximum Gasteiger partial charge on any atom is 0.166 e. The molecular formula is C11H15N3O2S. The Kier molecular flexibility index (Phi) is 3.88. The van der Waals surface area contributed by atoms with Crippen molar-refractivity contribution < 1.29 is 9.47 Å². The Bertz CT molecular complexity index is 496. The molecule has 0 aliphatic heterocycles. The molecule has 0 saturated heterocycles. The van der Waals surface area contributed by atoms with Gasteiger partial charge in [-0.3, -0.25) is 0 Å². The molecule has 0 radical (unpaired) electrons. The Morgan fingerprint density at radius 3 is 2.88 bits per heavy atom. The normalized spacial score (nSPS) is 11.5. The van der Waals surface area contributed by atoms with Gasteiger partial charge in [0.05, 0.1) is 16.8 Å². The minimum absolute atomic E-state index is 0.224. The van der Waals surface area contributed by atoms with E-state index in [2.05, 4.69) is 9.97 Å². The molecule has 0 aliphatic carbocycles. The lowest BCUT2D eigenvalue weighted by molar-refractivity contribution is -0.0842. The number of anilines is 1. The van der Waals surface area contributed by atoms with Crippen LogP contribution in [0.4, 0.5) is 5.69 Å². The number of nitrogens with one attached hydrogen (secondary N) is 1. The van der Waals surface area contributed by atoms with Crippen molar-refractivity contribution in [3.63, 3.8) is 0 Å². The largest absolute Gasteiger partial charge is 0.399 e. The summed E-state index contributed by atoms with van der Waals surface area (Å²) in [6.45, 7) is 0. The van der Waals surface area contributed by atoms with E-state index in [1.807, 2.05) is 18.2 Å². The third-order valence-electron chi connectivity index (χ3n) is 2.37. The van der Waals surface area contributed by atoms with Gasteiger partial charge in [-0.2, -0.15) is 0 Å². The van der Waals surface area contributed by atoms with Gasteiger partial charge in [-0.25, -0.2) is 4.98 Å². The Labute approximate surface area is 104 Å². The van der Waals surface area contributed by atoms with Gasteiger partial charge < -0.3 is 20.2 Å². The van der Waals surface area contributed by atoms with Crippen LogP contribution in [-0.2, 0) is 9.47 Å². The number of imidazole rings is 1. The second kappa shape index (κ2) is 5.39. The molecule has 0 saturated carbocycles. The standard InChI is InChI=1S/C11H15N3O2S/c1-15-10(16-2)6-17-11-13-8-4-3-7(12)5-9(8)14-11/h3-5,10H,6,12H2,1-2H3,(H,13,14). The molecule has 2 aromatic rings. The molecule has 0 atom stereocenters. The summed E-state index contributed by atoms with van der Waals surface area (Å²) in [6, 6.07) is 5.61. The average Bonchev–Trinajstić information content (AvgIpc) is 2.72. The van der Waals surface area contributed by atoms with Gasteiger partial charge in [-0.15, -0.1) is 0 Å². The number of nitrogen functional groups attached to an aromatic ring is 1. The molecule has 0 spiro atoms. The first kappa shape index (κ1) is 12.2. The number of H-pyrrole nitrogens is 1. The van der Waals surface area contributed by atoms with Crippen molar-refractivity contribution in [3.05, 3.63) is 18.2 Å². The number of aromatic amines is 1. The Morgan fingerprint density at radius 1 is 1.41 bits per heavy atom. The molecule has 2 rings (SSSR count). The number of aromatic nitrogens is 2. The number of nitrogens with two attached hydrogens (primary N) is 1. The lowest BCUT2D eigenvalue weighted by Gasteiger charge is -2.10. The number of nitrogens with zero attached hydrogens (tertiary/aromatic N) is 1. The zero-order chi connectivity index (χ0) is 12.3. The van der Waals surface area contributed by atoms with Gasteiger partial charge in [0, 0.05) is 19.9 Å². The summed E-state index contributed by atoms with van der Waals surface area (Å²) in [5.41, 5.74) is 8.28. The van der Waals surface area contributed by atoms with E-state index in [0.717, 1.165) is 21.9 Å². The summed E-state index contributed by atoms with van der Waals surface area (Å²) in [5.74, 6) is 0.683. The average molecular weight is 253 g/mol. The first-order chi connectivity index (χ1) is 8.22. The van der Waals surface area contributed by atoms with Gasteiger partial charge in [-0.1, -0.05) is 11.8 Å². The van der Waals surface area contributed by atoms with E-state index >= 15 is 0 Å². The summed E-state index contributed by atoms with van der Waals surface area (Å²) in [7, 11) is 3.24. The predicted molar refractivity (Wildman–Crippen MR) is 69.0 cm³/mol. The summed E-state index contributed by atoms with van der Waals surface area (Å²) in [4.78, 5) is 7.64. The molecule has 0 aliphatic rings. The van der Waals surface area contributed by atoms with Gasteiger partial charge in [0.2, 0.25) is 0 Å². The first-order valence-electron chi connectivity index (χ1n) is 5.16. The second-order valence-electron chi connectivity index (χ2n) is 3.53. The summed E-state index contributed by atoms with van der Waals surface area (Å²) < 4.78 is 10.2. The van der Waals surface area contributed by atoms with Crippen LogP contribution in [0.1, 0.15) is 0 Å². The van der Waals surface area contributed by atoms with E-state index in [0.29, 0.717) is 5.75 Å². The number of thioether (sulfide) groups is 1. The molecular weight excluding hydrogens is 238 g/mol. The highest BCUT2D eigenvalue weighted by atomic mass is 32.2. The molecule has 0 unspecified atom stereocenters. The van der Waals surface area contributed by atoms with Crippen molar-refractivity contribution in [2.45, 2.75) is 11.4 Å². The van der Waals surface area contributed by atoms with Crippen molar-refractivity contribution in [2.24, 2.45) is 0 Å². The van der Waals surface area contributed by atoms with E-state index in [1.54, 1.807) is 26.0 Å². The lowest BCUT2D eigenvalue weighted by Crippen LogP contribution is -2.15. The van der Waals surface area contributed by atoms with Crippen LogP contribution in [0.15, 0.2) is 23.4 Å². The fraction of sp³-hybridized carbons (Fsp3) is 0.364. The topological polar surface area (TPSA) is 73.2 Å². The van der Waals surface area contributed by atoms with Crippen LogP contribution >= 0.6 is 11.8 Å².